The van der Waals surface area contributed by atoms with Crippen LogP contribution in [0.5, 0.6) is 5.75 Å². The molecule has 3 N–H and O–H groups in total. The molecule has 0 spiro atoms. The monoisotopic (exact) mass is 195 g/mol. The lowest BCUT2D eigenvalue weighted by atomic mass is 10.1. The minimum atomic E-state index is -0.0873. The molecular weight excluding hydrogens is 178 g/mol. The summed E-state index contributed by atoms with van der Waals surface area (Å²) in [6, 6.07) is 7.58. The molecule has 0 radical (unpaired) electrons. The second kappa shape index (κ2) is 5.62. The second-order valence-electron chi connectivity index (χ2n) is 3.12. The van der Waals surface area contributed by atoms with Crippen molar-refractivity contribution in [1.82, 2.24) is 0 Å². The van der Waals surface area contributed by atoms with Crippen molar-refractivity contribution in [2.24, 2.45) is 5.73 Å². The molecule has 1 atom stereocenters. The Morgan fingerprint density at radius 2 is 2.00 bits per heavy atom. The molecule has 0 bridgehead atoms. The van der Waals surface area contributed by atoms with Crippen molar-refractivity contribution < 1.29 is 9.84 Å². The van der Waals surface area contributed by atoms with Gasteiger partial charge in [-0.05, 0) is 31.0 Å². The zero-order valence-electron chi connectivity index (χ0n) is 8.44. The highest BCUT2D eigenvalue weighted by Crippen LogP contribution is 2.18. The molecule has 0 aromatic heterocycles. The molecule has 14 heavy (non-hydrogen) atoms. The van der Waals surface area contributed by atoms with Crippen molar-refractivity contribution in [2.45, 2.75) is 19.4 Å². The van der Waals surface area contributed by atoms with Gasteiger partial charge in [0.1, 0.15) is 5.75 Å². The predicted molar refractivity (Wildman–Crippen MR) is 56.2 cm³/mol. The summed E-state index contributed by atoms with van der Waals surface area (Å²) in [6.45, 7) is 2.74. The number of benzene rings is 1. The van der Waals surface area contributed by atoms with E-state index in [9.17, 15) is 0 Å². The molecule has 0 aliphatic carbocycles. The van der Waals surface area contributed by atoms with Gasteiger partial charge in [0.05, 0.1) is 6.61 Å². The quantitative estimate of drug-likeness (QED) is 0.748. The standard InChI is InChI=1S/C11H17NO2/c1-2-14-10-5-3-9(4-6-10)11(12)7-8-13/h3-6,11,13H,2,7-8,12H2,1H3. The topological polar surface area (TPSA) is 55.5 Å². The Bertz CT molecular complexity index is 258. The van der Waals surface area contributed by atoms with Gasteiger partial charge in [0.25, 0.3) is 0 Å². The largest absolute Gasteiger partial charge is 0.494 e. The fourth-order valence-electron chi connectivity index (χ4n) is 1.28. The maximum Gasteiger partial charge on any atom is 0.119 e. The fourth-order valence-corrected chi connectivity index (χ4v) is 1.28. The van der Waals surface area contributed by atoms with Crippen molar-refractivity contribution in [1.29, 1.82) is 0 Å². The summed E-state index contributed by atoms with van der Waals surface area (Å²) < 4.78 is 5.31. The number of rotatable bonds is 5. The third-order valence-electron chi connectivity index (χ3n) is 2.06. The maximum atomic E-state index is 8.73. The van der Waals surface area contributed by atoms with E-state index in [0.717, 1.165) is 11.3 Å². The van der Waals surface area contributed by atoms with Gasteiger partial charge in [0.15, 0.2) is 0 Å². The zero-order chi connectivity index (χ0) is 10.4. The van der Waals surface area contributed by atoms with E-state index in [1.165, 1.54) is 0 Å². The first-order valence-electron chi connectivity index (χ1n) is 4.87. The molecule has 1 aromatic rings. The number of ether oxygens (including phenoxy) is 1. The minimum absolute atomic E-state index is 0.0873. The van der Waals surface area contributed by atoms with E-state index in [0.29, 0.717) is 13.0 Å². The van der Waals surface area contributed by atoms with Crippen LogP contribution in [0.2, 0.25) is 0 Å². The minimum Gasteiger partial charge on any atom is -0.494 e. The van der Waals surface area contributed by atoms with Crippen LogP contribution in [0, 0.1) is 0 Å². The summed E-state index contributed by atoms with van der Waals surface area (Å²) in [7, 11) is 0. The highest BCUT2D eigenvalue weighted by molar-refractivity contribution is 5.28. The molecule has 1 rings (SSSR count). The Kier molecular flexibility index (Phi) is 4.43. The number of hydrogen-bond acceptors (Lipinski definition) is 3. The molecule has 0 aliphatic heterocycles. The fraction of sp³-hybridized carbons (Fsp3) is 0.455. The normalized spacial score (nSPS) is 12.5. The van der Waals surface area contributed by atoms with Crippen LogP contribution in [0.4, 0.5) is 0 Å². The maximum absolute atomic E-state index is 8.73. The molecule has 78 valence electrons. The van der Waals surface area contributed by atoms with Gasteiger partial charge in [-0.15, -0.1) is 0 Å². The Balaban J connectivity index is 2.62. The second-order valence-corrected chi connectivity index (χ2v) is 3.12. The van der Waals surface area contributed by atoms with Gasteiger partial charge in [0.2, 0.25) is 0 Å². The number of hydrogen-bond donors (Lipinski definition) is 2. The molecule has 0 amide bonds. The van der Waals surface area contributed by atoms with Gasteiger partial charge in [-0.3, -0.25) is 0 Å². The Labute approximate surface area is 84.5 Å². The van der Waals surface area contributed by atoms with E-state index in [1.54, 1.807) is 0 Å². The highest BCUT2D eigenvalue weighted by Gasteiger charge is 2.04. The van der Waals surface area contributed by atoms with Crippen molar-refractivity contribution in [2.75, 3.05) is 13.2 Å². The predicted octanol–water partition coefficient (Wildman–Crippen LogP) is 1.47. The van der Waals surface area contributed by atoms with Gasteiger partial charge in [0, 0.05) is 12.6 Å². The van der Waals surface area contributed by atoms with E-state index in [4.69, 9.17) is 15.6 Å². The van der Waals surface area contributed by atoms with Crippen LogP contribution in [-0.2, 0) is 0 Å². The third-order valence-corrected chi connectivity index (χ3v) is 2.06. The van der Waals surface area contributed by atoms with Crippen molar-refractivity contribution in [3.63, 3.8) is 0 Å². The van der Waals surface area contributed by atoms with Gasteiger partial charge in [-0.25, -0.2) is 0 Å². The van der Waals surface area contributed by atoms with Crippen molar-refractivity contribution in [3.05, 3.63) is 29.8 Å². The molecule has 3 heteroatoms. The zero-order valence-corrected chi connectivity index (χ0v) is 8.44. The lowest BCUT2D eigenvalue weighted by Crippen LogP contribution is -2.11. The number of aliphatic hydroxyl groups is 1. The summed E-state index contributed by atoms with van der Waals surface area (Å²) in [5.41, 5.74) is 6.86. The summed E-state index contributed by atoms with van der Waals surface area (Å²) in [5.74, 6) is 0.854. The SMILES string of the molecule is CCOc1ccc(C(N)CCO)cc1. The van der Waals surface area contributed by atoms with Crippen LogP contribution < -0.4 is 10.5 Å². The van der Waals surface area contributed by atoms with Crippen LogP contribution in [0.1, 0.15) is 24.9 Å². The van der Waals surface area contributed by atoms with Crippen LogP contribution in [-0.4, -0.2) is 18.3 Å². The lowest BCUT2D eigenvalue weighted by molar-refractivity contribution is 0.276. The Morgan fingerprint density at radius 3 is 2.50 bits per heavy atom. The third kappa shape index (κ3) is 3.01. The summed E-state index contributed by atoms with van der Waals surface area (Å²) in [6.07, 6.45) is 0.591. The molecule has 1 aromatic carbocycles. The average molecular weight is 195 g/mol. The highest BCUT2D eigenvalue weighted by atomic mass is 16.5. The molecule has 0 fully saturated rings. The van der Waals surface area contributed by atoms with Crippen LogP contribution in [0.3, 0.4) is 0 Å². The van der Waals surface area contributed by atoms with Crippen molar-refractivity contribution >= 4 is 0 Å². The number of aliphatic hydroxyl groups excluding tert-OH is 1. The van der Waals surface area contributed by atoms with E-state index in [-0.39, 0.29) is 12.6 Å². The first kappa shape index (κ1) is 11.0. The number of nitrogens with two attached hydrogens (primary N) is 1. The first-order valence-corrected chi connectivity index (χ1v) is 4.87. The van der Waals surface area contributed by atoms with Crippen LogP contribution >= 0.6 is 0 Å². The van der Waals surface area contributed by atoms with Gasteiger partial charge < -0.3 is 15.6 Å². The van der Waals surface area contributed by atoms with E-state index >= 15 is 0 Å². The lowest BCUT2D eigenvalue weighted by Gasteiger charge is -2.10. The molecule has 0 saturated heterocycles. The van der Waals surface area contributed by atoms with Crippen LogP contribution in [0.15, 0.2) is 24.3 Å². The molecule has 0 aliphatic rings. The summed E-state index contributed by atoms with van der Waals surface area (Å²) in [4.78, 5) is 0. The molecule has 0 heterocycles. The Morgan fingerprint density at radius 1 is 1.36 bits per heavy atom. The van der Waals surface area contributed by atoms with E-state index in [1.807, 2.05) is 31.2 Å². The van der Waals surface area contributed by atoms with Crippen molar-refractivity contribution in [3.8, 4) is 5.75 Å². The van der Waals surface area contributed by atoms with Gasteiger partial charge in [-0.1, -0.05) is 12.1 Å². The molecule has 0 saturated carbocycles. The van der Waals surface area contributed by atoms with E-state index < -0.39 is 0 Å². The summed E-state index contributed by atoms with van der Waals surface area (Å²) in [5, 5.41) is 8.73. The first-order chi connectivity index (χ1) is 6.77. The average Bonchev–Trinajstić information content (AvgIpc) is 2.20. The molecular formula is C11H17NO2. The Hall–Kier alpha value is -1.06. The molecule has 3 nitrogen and oxygen atoms in total. The van der Waals surface area contributed by atoms with Gasteiger partial charge >= 0.3 is 0 Å². The smallest absolute Gasteiger partial charge is 0.119 e. The van der Waals surface area contributed by atoms with Crippen LogP contribution in [0.25, 0.3) is 0 Å². The molecule has 1 unspecified atom stereocenters. The van der Waals surface area contributed by atoms with Gasteiger partial charge in [-0.2, -0.15) is 0 Å². The van der Waals surface area contributed by atoms with E-state index in [2.05, 4.69) is 0 Å². The summed E-state index contributed by atoms with van der Waals surface area (Å²) >= 11 is 0.